The number of aromatic amines is 2. The highest BCUT2D eigenvalue weighted by atomic mass is 79.9. The van der Waals surface area contributed by atoms with E-state index in [-0.39, 0.29) is 18.2 Å². The number of carbonyl (C=O) groups excluding carboxylic acids is 1. The molecule has 0 saturated carbocycles. The molecule has 176 valence electrons. The molecule has 1 fully saturated rings. The highest BCUT2D eigenvalue weighted by Gasteiger charge is 2.36. The van der Waals surface area contributed by atoms with Crippen LogP contribution in [0.4, 0.5) is 0 Å². The van der Waals surface area contributed by atoms with Crippen LogP contribution in [0.1, 0.15) is 17.4 Å². The van der Waals surface area contributed by atoms with E-state index in [1.54, 1.807) is 21.9 Å². The summed E-state index contributed by atoms with van der Waals surface area (Å²) in [6.45, 7) is 0.445. The molecule has 6 rings (SSSR count). The smallest absolute Gasteiger partial charge is 0.323 e. The predicted octanol–water partition coefficient (Wildman–Crippen LogP) is 4.16. The fraction of sp³-hybridized carbons (Fsp3) is 0.160. The number of hydrogen-bond donors (Lipinski definition) is 2. The van der Waals surface area contributed by atoms with E-state index in [1.807, 2.05) is 54.7 Å². The zero-order valence-corrected chi connectivity index (χ0v) is 20.0. The number of halogens is 1. The highest BCUT2D eigenvalue weighted by Crippen LogP contribution is 2.35. The van der Waals surface area contributed by atoms with Crippen molar-refractivity contribution >= 4 is 32.9 Å². The molecule has 4 heterocycles. The van der Waals surface area contributed by atoms with Crippen LogP contribution in [0.25, 0.3) is 28.2 Å². The Morgan fingerprint density at radius 3 is 2.69 bits per heavy atom. The van der Waals surface area contributed by atoms with Crippen LogP contribution >= 0.6 is 15.9 Å². The lowest BCUT2D eigenvalue weighted by Crippen LogP contribution is -2.30. The van der Waals surface area contributed by atoms with Gasteiger partial charge in [0.2, 0.25) is 0 Å². The highest BCUT2D eigenvalue weighted by molar-refractivity contribution is 9.10. The molecule has 9 nitrogen and oxygen atoms in total. The number of nitrogens with one attached hydrogen (secondary N) is 2. The number of rotatable bonds is 6. The first kappa shape index (κ1) is 21.6. The third-order valence-electron chi connectivity index (χ3n) is 6.04. The summed E-state index contributed by atoms with van der Waals surface area (Å²) in [5.41, 5.74) is 4.49. The molecule has 1 atom stereocenters. The molecule has 0 bridgehead atoms. The van der Waals surface area contributed by atoms with Crippen LogP contribution < -0.4 is 5.69 Å². The zero-order chi connectivity index (χ0) is 23.9. The van der Waals surface area contributed by atoms with E-state index in [0.29, 0.717) is 24.4 Å². The Bertz CT molecular complexity index is 1570. The molecule has 35 heavy (non-hydrogen) atoms. The third kappa shape index (κ3) is 4.11. The second kappa shape index (κ2) is 8.71. The van der Waals surface area contributed by atoms with Gasteiger partial charge in [0, 0.05) is 17.2 Å². The first-order valence-electron chi connectivity index (χ1n) is 11.1. The molecule has 0 radical (unpaired) electrons. The van der Waals surface area contributed by atoms with Gasteiger partial charge in [0.25, 0.3) is 5.91 Å². The van der Waals surface area contributed by atoms with Gasteiger partial charge in [-0.1, -0.05) is 22.0 Å². The number of aromatic nitrogens is 4. The van der Waals surface area contributed by atoms with Crippen LogP contribution in [0.15, 0.2) is 80.7 Å². The summed E-state index contributed by atoms with van der Waals surface area (Å²) in [6.07, 6.45) is 3.49. The van der Waals surface area contributed by atoms with Crippen molar-refractivity contribution in [3.8, 4) is 17.1 Å². The van der Waals surface area contributed by atoms with Gasteiger partial charge in [-0.2, -0.15) is 5.10 Å². The fourth-order valence-corrected chi connectivity index (χ4v) is 4.60. The minimum atomic E-state index is -0.595. The molecule has 1 amide bonds. The van der Waals surface area contributed by atoms with Crippen molar-refractivity contribution in [2.75, 3.05) is 13.2 Å². The molecular formula is C25H20BrN5O4. The Balaban J connectivity index is 1.32. The van der Waals surface area contributed by atoms with Gasteiger partial charge in [-0.05, 0) is 60.5 Å². The summed E-state index contributed by atoms with van der Waals surface area (Å²) in [4.78, 5) is 31.6. The molecule has 1 unspecified atom stereocenters. The molecule has 3 aromatic heterocycles. The second-order valence-corrected chi connectivity index (χ2v) is 9.21. The quantitative estimate of drug-likeness (QED) is 0.340. The number of hydrogen-bond acceptors (Lipinski definition) is 5. The standard InChI is InChI=1S/C25H20BrN5O4/c26-16-4-6-17(7-5-16)31-13-18(23(29-31)21-2-1-11-34-21)24-30(22(32)14-35-24)10-9-15-3-8-19-20(12-15)28-25(33)27-19/h1-8,11-13,24H,9-10,14H2,(H2,27,28,33). The monoisotopic (exact) mass is 533 g/mol. The van der Waals surface area contributed by atoms with E-state index in [2.05, 4.69) is 25.9 Å². The Kier molecular flexibility index (Phi) is 5.39. The van der Waals surface area contributed by atoms with Crippen molar-refractivity contribution in [1.82, 2.24) is 24.6 Å². The van der Waals surface area contributed by atoms with Gasteiger partial charge in [-0.3, -0.25) is 4.79 Å². The lowest BCUT2D eigenvalue weighted by molar-refractivity contribution is -0.128. The summed E-state index contributed by atoms with van der Waals surface area (Å²) >= 11 is 3.46. The van der Waals surface area contributed by atoms with E-state index in [0.717, 1.165) is 32.3 Å². The first-order valence-corrected chi connectivity index (χ1v) is 11.9. The van der Waals surface area contributed by atoms with Gasteiger partial charge in [0.05, 0.1) is 28.5 Å². The molecule has 0 aliphatic carbocycles. The zero-order valence-electron chi connectivity index (χ0n) is 18.4. The molecule has 5 aromatic rings. The van der Waals surface area contributed by atoms with Gasteiger partial charge >= 0.3 is 5.69 Å². The van der Waals surface area contributed by atoms with Crippen molar-refractivity contribution in [1.29, 1.82) is 0 Å². The summed E-state index contributed by atoms with van der Waals surface area (Å²) < 4.78 is 14.3. The molecule has 2 aromatic carbocycles. The van der Waals surface area contributed by atoms with Crippen molar-refractivity contribution in [2.24, 2.45) is 0 Å². The van der Waals surface area contributed by atoms with Crippen molar-refractivity contribution in [3.05, 3.63) is 93.1 Å². The Labute approximate surface area is 207 Å². The third-order valence-corrected chi connectivity index (χ3v) is 6.57. The SMILES string of the molecule is O=C1COC(c2cn(-c3ccc(Br)cc3)nc2-c2ccco2)N1CCc1ccc2[nH]c(=O)[nH]c2c1. The minimum Gasteiger partial charge on any atom is -0.463 e. The predicted molar refractivity (Wildman–Crippen MR) is 132 cm³/mol. The Morgan fingerprint density at radius 1 is 1.06 bits per heavy atom. The minimum absolute atomic E-state index is 0.00408. The number of imidazole rings is 1. The number of carbonyl (C=O) groups is 1. The maximum Gasteiger partial charge on any atom is 0.323 e. The van der Waals surface area contributed by atoms with E-state index in [9.17, 15) is 9.59 Å². The first-order chi connectivity index (χ1) is 17.0. The molecular weight excluding hydrogens is 514 g/mol. The van der Waals surface area contributed by atoms with Crippen LogP contribution in [0, 0.1) is 0 Å². The number of amides is 1. The summed E-state index contributed by atoms with van der Waals surface area (Å²) in [6, 6.07) is 17.2. The van der Waals surface area contributed by atoms with Crippen LogP contribution in [-0.2, 0) is 16.0 Å². The molecule has 2 N–H and O–H groups in total. The fourth-order valence-electron chi connectivity index (χ4n) is 4.34. The number of fused-ring (bicyclic) bond motifs is 1. The van der Waals surface area contributed by atoms with Gasteiger partial charge in [0.15, 0.2) is 12.0 Å². The van der Waals surface area contributed by atoms with Crippen molar-refractivity contribution < 1.29 is 13.9 Å². The molecule has 0 spiro atoms. The van der Waals surface area contributed by atoms with Crippen LogP contribution in [0.2, 0.25) is 0 Å². The summed E-state index contributed by atoms with van der Waals surface area (Å²) in [5.74, 6) is 0.508. The summed E-state index contributed by atoms with van der Waals surface area (Å²) in [7, 11) is 0. The lowest BCUT2D eigenvalue weighted by Gasteiger charge is -2.23. The average Bonchev–Trinajstić information content (AvgIpc) is 3.63. The van der Waals surface area contributed by atoms with E-state index in [1.165, 1.54) is 0 Å². The number of benzene rings is 2. The average molecular weight is 534 g/mol. The van der Waals surface area contributed by atoms with Crippen LogP contribution in [-0.4, -0.2) is 43.7 Å². The Morgan fingerprint density at radius 2 is 1.89 bits per heavy atom. The van der Waals surface area contributed by atoms with E-state index >= 15 is 0 Å². The van der Waals surface area contributed by atoms with Gasteiger partial charge < -0.3 is 24.0 Å². The van der Waals surface area contributed by atoms with E-state index in [4.69, 9.17) is 14.3 Å². The van der Waals surface area contributed by atoms with Crippen LogP contribution in [0.5, 0.6) is 0 Å². The molecule has 1 aliphatic rings. The lowest BCUT2D eigenvalue weighted by atomic mass is 10.1. The number of ether oxygens (including phenoxy) is 1. The van der Waals surface area contributed by atoms with Gasteiger partial charge in [-0.25, -0.2) is 9.48 Å². The topological polar surface area (TPSA) is 109 Å². The largest absolute Gasteiger partial charge is 0.463 e. The second-order valence-electron chi connectivity index (χ2n) is 8.29. The van der Waals surface area contributed by atoms with Gasteiger partial charge in [-0.15, -0.1) is 0 Å². The van der Waals surface area contributed by atoms with Gasteiger partial charge in [0.1, 0.15) is 12.3 Å². The maximum atomic E-state index is 12.8. The normalized spacial score (nSPS) is 16.0. The number of H-pyrrole nitrogens is 2. The van der Waals surface area contributed by atoms with Crippen molar-refractivity contribution in [2.45, 2.75) is 12.6 Å². The number of nitrogens with zero attached hydrogens (tertiary/aromatic N) is 3. The number of furan rings is 1. The molecule has 1 saturated heterocycles. The Hall–Kier alpha value is -3.89. The van der Waals surface area contributed by atoms with E-state index < -0.39 is 6.23 Å². The molecule has 1 aliphatic heterocycles. The summed E-state index contributed by atoms with van der Waals surface area (Å²) in [5, 5.41) is 4.76. The van der Waals surface area contributed by atoms with Crippen LogP contribution in [0.3, 0.4) is 0 Å². The van der Waals surface area contributed by atoms with Crippen molar-refractivity contribution in [3.63, 3.8) is 0 Å². The maximum absolute atomic E-state index is 12.8. The molecule has 10 heteroatoms.